The third-order valence-corrected chi connectivity index (χ3v) is 4.37. The van der Waals surface area contributed by atoms with Gasteiger partial charge in [-0.25, -0.2) is 0 Å². The normalized spacial score (nSPS) is 18.2. The number of aryl methyl sites for hydroxylation is 1. The summed E-state index contributed by atoms with van der Waals surface area (Å²) in [6.07, 6.45) is 1.56. The molecule has 1 aromatic rings. The van der Waals surface area contributed by atoms with Gasteiger partial charge in [0, 0.05) is 25.2 Å². The highest BCUT2D eigenvalue weighted by atomic mass is 16.5. The van der Waals surface area contributed by atoms with Crippen molar-refractivity contribution in [3.63, 3.8) is 0 Å². The molecule has 0 unspecified atom stereocenters. The summed E-state index contributed by atoms with van der Waals surface area (Å²) in [6, 6.07) is 8.64. The summed E-state index contributed by atoms with van der Waals surface area (Å²) in [6.45, 7) is 10.3. The molecular weight excluding hydrogens is 276 g/mol. The lowest BCUT2D eigenvalue weighted by molar-refractivity contribution is -0.128. The molecule has 2 rings (SSSR count). The van der Waals surface area contributed by atoms with Crippen LogP contribution in [0.5, 0.6) is 5.75 Å². The van der Waals surface area contributed by atoms with Crippen LogP contribution in [0.3, 0.4) is 0 Å². The molecule has 122 valence electrons. The molecule has 1 aliphatic heterocycles. The van der Waals surface area contributed by atoms with Crippen molar-refractivity contribution in [3.05, 3.63) is 29.8 Å². The van der Waals surface area contributed by atoms with Crippen molar-refractivity contribution < 1.29 is 9.53 Å². The minimum atomic E-state index is -0.468. The third-order valence-electron chi connectivity index (χ3n) is 4.37. The van der Waals surface area contributed by atoms with Crippen LogP contribution in [0.2, 0.25) is 0 Å². The first kappa shape index (κ1) is 16.8. The molecule has 0 spiro atoms. The highest BCUT2D eigenvalue weighted by Gasteiger charge is 2.24. The monoisotopic (exact) mass is 304 g/mol. The average molecular weight is 304 g/mol. The van der Waals surface area contributed by atoms with Gasteiger partial charge in [-0.2, -0.15) is 0 Å². The average Bonchev–Trinajstić information content (AvgIpc) is 2.50. The van der Waals surface area contributed by atoms with Gasteiger partial charge in [0.1, 0.15) is 5.75 Å². The van der Waals surface area contributed by atoms with Crippen molar-refractivity contribution in [2.24, 2.45) is 0 Å². The highest BCUT2D eigenvalue weighted by Crippen LogP contribution is 2.18. The van der Waals surface area contributed by atoms with Crippen LogP contribution in [-0.2, 0) is 4.79 Å². The number of nitrogens with one attached hydrogen (secondary N) is 1. The number of ether oxygens (including phenoxy) is 1. The molecule has 1 aromatic carbocycles. The fourth-order valence-electron chi connectivity index (χ4n) is 2.81. The Labute approximate surface area is 133 Å². The molecule has 0 aromatic heterocycles. The van der Waals surface area contributed by atoms with Crippen molar-refractivity contribution in [1.29, 1.82) is 0 Å². The van der Waals surface area contributed by atoms with Crippen LogP contribution in [0.1, 0.15) is 39.2 Å². The Morgan fingerprint density at radius 2 is 1.86 bits per heavy atom. The predicted molar refractivity (Wildman–Crippen MR) is 89.1 cm³/mol. The highest BCUT2D eigenvalue weighted by molar-refractivity contribution is 5.81. The van der Waals surface area contributed by atoms with Crippen molar-refractivity contribution in [2.75, 3.05) is 13.1 Å². The summed E-state index contributed by atoms with van der Waals surface area (Å²) >= 11 is 0. The van der Waals surface area contributed by atoms with E-state index in [9.17, 15) is 4.79 Å². The Balaban J connectivity index is 1.81. The molecule has 1 aliphatic rings. The van der Waals surface area contributed by atoms with Gasteiger partial charge in [-0.1, -0.05) is 18.2 Å². The number of carbonyl (C=O) groups is 1. The second-order valence-corrected chi connectivity index (χ2v) is 6.44. The molecule has 1 atom stereocenters. The molecule has 1 fully saturated rings. The zero-order valence-electron chi connectivity index (χ0n) is 14.1. The maximum absolute atomic E-state index is 12.3. The molecule has 1 saturated heterocycles. The Kier molecular flexibility index (Phi) is 5.83. The van der Waals surface area contributed by atoms with Crippen molar-refractivity contribution in [3.8, 4) is 5.75 Å². The summed E-state index contributed by atoms with van der Waals surface area (Å²) in [5.41, 5.74) is 1.05. The van der Waals surface area contributed by atoms with Crippen LogP contribution in [0.4, 0.5) is 0 Å². The standard InChI is InChI=1S/C18H28N2O2/c1-13(2)20-11-9-16(10-12-20)19-18(21)15(4)22-17-8-6-5-7-14(17)3/h5-8,13,15-16H,9-12H2,1-4H3,(H,19,21)/t15-/m0/s1. The van der Waals surface area contributed by atoms with Crippen molar-refractivity contribution in [1.82, 2.24) is 10.2 Å². The van der Waals surface area contributed by atoms with Gasteiger partial charge in [-0.3, -0.25) is 4.79 Å². The first-order chi connectivity index (χ1) is 10.5. The Morgan fingerprint density at radius 1 is 1.23 bits per heavy atom. The molecular formula is C18H28N2O2. The molecule has 1 N–H and O–H groups in total. The minimum Gasteiger partial charge on any atom is -0.481 e. The summed E-state index contributed by atoms with van der Waals surface area (Å²) in [5.74, 6) is 0.756. The van der Waals surface area contributed by atoms with Crippen LogP contribution in [-0.4, -0.2) is 42.1 Å². The van der Waals surface area contributed by atoms with E-state index in [0.717, 1.165) is 37.2 Å². The van der Waals surface area contributed by atoms with Crippen LogP contribution in [0.15, 0.2) is 24.3 Å². The third kappa shape index (κ3) is 4.47. The van der Waals surface area contributed by atoms with Crippen LogP contribution in [0.25, 0.3) is 0 Å². The number of carbonyl (C=O) groups excluding carboxylic acids is 1. The number of piperidine rings is 1. The smallest absolute Gasteiger partial charge is 0.260 e. The lowest BCUT2D eigenvalue weighted by Crippen LogP contribution is -2.49. The van der Waals surface area contributed by atoms with Crippen molar-refractivity contribution in [2.45, 2.75) is 58.7 Å². The molecule has 4 heteroatoms. The van der Waals surface area contributed by atoms with Gasteiger partial charge < -0.3 is 15.0 Å². The van der Waals surface area contributed by atoms with E-state index in [1.807, 2.05) is 38.1 Å². The second kappa shape index (κ2) is 7.63. The molecule has 0 radical (unpaired) electrons. The van der Waals surface area contributed by atoms with E-state index in [4.69, 9.17) is 4.74 Å². The fraction of sp³-hybridized carbons (Fsp3) is 0.611. The number of likely N-dealkylation sites (tertiary alicyclic amines) is 1. The van der Waals surface area contributed by atoms with E-state index in [1.54, 1.807) is 0 Å². The Hall–Kier alpha value is -1.55. The Bertz CT molecular complexity index is 494. The number of amides is 1. The number of hydrogen-bond donors (Lipinski definition) is 1. The summed E-state index contributed by atoms with van der Waals surface area (Å²) in [5, 5.41) is 3.13. The first-order valence-corrected chi connectivity index (χ1v) is 8.24. The van der Waals surface area contributed by atoms with E-state index < -0.39 is 6.10 Å². The summed E-state index contributed by atoms with van der Waals surface area (Å²) < 4.78 is 5.79. The van der Waals surface area contributed by atoms with Crippen LogP contribution < -0.4 is 10.1 Å². The number of nitrogens with zero attached hydrogens (tertiary/aromatic N) is 1. The van der Waals surface area contributed by atoms with E-state index in [-0.39, 0.29) is 11.9 Å². The second-order valence-electron chi connectivity index (χ2n) is 6.44. The van der Waals surface area contributed by atoms with Crippen LogP contribution in [0, 0.1) is 6.92 Å². The van der Waals surface area contributed by atoms with E-state index in [1.165, 1.54) is 0 Å². The van der Waals surface area contributed by atoms with E-state index in [0.29, 0.717) is 6.04 Å². The molecule has 4 nitrogen and oxygen atoms in total. The SMILES string of the molecule is Cc1ccccc1O[C@@H](C)C(=O)NC1CCN(C(C)C)CC1. The maximum Gasteiger partial charge on any atom is 0.260 e. The van der Waals surface area contributed by atoms with Gasteiger partial charge in [0.15, 0.2) is 6.10 Å². The van der Waals surface area contributed by atoms with Crippen molar-refractivity contribution >= 4 is 5.91 Å². The van der Waals surface area contributed by atoms with E-state index in [2.05, 4.69) is 24.1 Å². The molecule has 0 aliphatic carbocycles. The number of para-hydroxylation sites is 1. The number of benzene rings is 1. The lowest BCUT2D eigenvalue weighted by Gasteiger charge is -2.35. The van der Waals surface area contributed by atoms with Crippen LogP contribution >= 0.6 is 0 Å². The van der Waals surface area contributed by atoms with Gasteiger partial charge in [-0.15, -0.1) is 0 Å². The first-order valence-electron chi connectivity index (χ1n) is 8.24. The lowest BCUT2D eigenvalue weighted by atomic mass is 10.0. The van der Waals surface area contributed by atoms with Gasteiger partial charge in [0.25, 0.3) is 5.91 Å². The van der Waals surface area contributed by atoms with Gasteiger partial charge >= 0.3 is 0 Å². The molecule has 1 heterocycles. The molecule has 1 amide bonds. The number of rotatable bonds is 5. The number of hydrogen-bond acceptors (Lipinski definition) is 3. The zero-order chi connectivity index (χ0) is 16.1. The molecule has 22 heavy (non-hydrogen) atoms. The quantitative estimate of drug-likeness (QED) is 0.909. The molecule has 0 saturated carbocycles. The summed E-state index contributed by atoms with van der Waals surface area (Å²) in [7, 11) is 0. The van der Waals surface area contributed by atoms with Gasteiger partial charge in [0.2, 0.25) is 0 Å². The predicted octanol–water partition coefficient (Wildman–Crippen LogP) is 2.75. The minimum absolute atomic E-state index is 0.0220. The maximum atomic E-state index is 12.3. The van der Waals surface area contributed by atoms with E-state index >= 15 is 0 Å². The fourth-order valence-corrected chi connectivity index (χ4v) is 2.81. The zero-order valence-corrected chi connectivity index (χ0v) is 14.1. The largest absolute Gasteiger partial charge is 0.481 e. The molecule has 0 bridgehead atoms. The van der Waals surface area contributed by atoms with Gasteiger partial charge in [0.05, 0.1) is 0 Å². The van der Waals surface area contributed by atoms with Gasteiger partial charge in [-0.05, 0) is 52.2 Å². The topological polar surface area (TPSA) is 41.6 Å². The summed E-state index contributed by atoms with van der Waals surface area (Å²) in [4.78, 5) is 14.7. The Morgan fingerprint density at radius 3 is 2.45 bits per heavy atom.